The molecule has 5 nitrogen and oxygen atoms in total. The van der Waals surface area contributed by atoms with Crippen LogP contribution in [0.15, 0.2) is 0 Å². The van der Waals surface area contributed by atoms with E-state index in [4.69, 9.17) is 9.47 Å². The Morgan fingerprint density at radius 1 is 1.60 bits per heavy atom. The molecule has 1 saturated heterocycles. The number of carbonyl (C=O) groups is 1. The van der Waals surface area contributed by atoms with Crippen LogP contribution in [0.2, 0.25) is 0 Å². The third-order valence-electron chi connectivity index (χ3n) is 2.70. The summed E-state index contributed by atoms with van der Waals surface area (Å²) in [6, 6.07) is 0. The summed E-state index contributed by atoms with van der Waals surface area (Å²) in [5.41, 5.74) is 0. The molecule has 0 saturated carbocycles. The van der Waals surface area contributed by atoms with Gasteiger partial charge in [0.25, 0.3) is 0 Å². The van der Waals surface area contributed by atoms with Crippen LogP contribution in [0.1, 0.15) is 6.92 Å². The van der Waals surface area contributed by atoms with Crippen LogP contribution in [-0.2, 0) is 14.3 Å². The average Bonchev–Trinajstić information content (AvgIpc) is 2.21. The lowest BCUT2D eigenvalue weighted by Crippen LogP contribution is -2.51. The van der Waals surface area contributed by atoms with E-state index in [0.717, 1.165) is 6.29 Å². The van der Waals surface area contributed by atoms with E-state index >= 15 is 0 Å². The van der Waals surface area contributed by atoms with Crippen molar-refractivity contribution in [3.05, 3.63) is 0 Å². The van der Waals surface area contributed by atoms with Gasteiger partial charge in [-0.15, -0.1) is 0 Å². The van der Waals surface area contributed by atoms with Gasteiger partial charge in [0.05, 0.1) is 6.10 Å². The van der Waals surface area contributed by atoms with Gasteiger partial charge in [-0.1, -0.05) is 22.9 Å². The summed E-state index contributed by atoms with van der Waals surface area (Å²) >= 11 is 3.28. The zero-order valence-corrected chi connectivity index (χ0v) is 10.3. The van der Waals surface area contributed by atoms with Gasteiger partial charge in [-0.2, -0.15) is 0 Å². The lowest BCUT2D eigenvalue weighted by molar-refractivity contribution is -0.252. The van der Waals surface area contributed by atoms with Crippen LogP contribution >= 0.6 is 15.9 Å². The molecule has 0 aromatic carbocycles. The van der Waals surface area contributed by atoms with E-state index in [0.29, 0.717) is 5.33 Å². The van der Waals surface area contributed by atoms with Crippen molar-refractivity contribution in [1.82, 2.24) is 0 Å². The van der Waals surface area contributed by atoms with Crippen LogP contribution in [0.4, 0.5) is 0 Å². The van der Waals surface area contributed by atoms with Crippen molar-refractivity contribution in [2.75, 3.05) is 12.4 Å². The highest BCUT2D eigenvalue weighted by Crippen LogP contribution is 2.30. The Labute approximate surface area is 97.2 Å². The standard InChI is InChI=1S/C9H15BrO4.H2O/c1-5-6(4-11)7(3-10)14-9(13-2)8(5)12;/h4-9,12H,3H2,1-2H3;1H2. The van der Waals surface area contributed by atoms with E-state index in [1.807, 2.05) is 6.92 Å². The van der Waals surface area contributed by atoms with E-state index < -0.39 is 12.4 Å². The Hall–Kier alpha value is -0.0100. The van der Waals surface area contributed by atoms with Gasteiger partial charge in [-0.05, 0) is 5.92 Å². The number of ether oxygens (including phenoxy) is 2. The maximum absolute atomic E-state index is 10.8. The predicted octanol–water partition coefficient (Wildman–Crippen LogP) is -0.260. The minimum Gasteiger partial charge on any atom is -0.412 e. The highest BCUT2D eigenvalue weighted by molar-refractivity contribution is 9.09. The Morgan fingerprint density at radius 3 is 2.60 bits per heavy atom. The second-order valence-electron chi connectivity index (χ2n) is 3.50. The Balaban J connectivity index is 0.00000196. The second-order valence-corrected chi connectivity index (χ2v) is 4.14. The van der Waals surface area contributed by atoms with Crippen LogP contribution in [0, 0.1) is 11.8 Å². The minimum atomic E-state index is -0.745. The smallest absolute Gasteiger partial charge is 0.183 e. The number of halogens is 1. The fourth-order valence-corrected chi connectivity index (χ4v) is 2.29. The van der Waals surface area contributed by atoms with Crippen molar-refractivity contribution in [2.24, 2.45) is 11.8 Å². The zero-order valence-electron chi connectivity index (χ0n) is 8.72. The molecule has 5 atom stereocenters. The molecule has 1 aliphatic rings. The quantitative estimate of drug-likeness (QED) is 0.571. The molecular formula is C9H17BrO5. The first kappa shape index (κ1) is 15.0. The topological polar surface area (TPSA) is 87.3 Å². The number of alkyl halides is 1. The highest BCUT2D eigenvalue weighted by atomic mass is 79.9. The molecule has 0 spiro atoms. The number of methoxy groups -OCH3 is 1. The zero-order chi connectivity index (χ0) is 10.7. The maximum atomic E-state index is 10.8. The average molecular weight is 285 g/mol. The normalized spacial score (nSPS) is 40.7. The summed E-state index contributed by atoms with van der Waals surface area (Å²) in [5, 5.41) is 10.3. The van der Waals surface area contributed by atoms with Crippen LogP contribution in [-0.4, -0.2) is 47.8 Å². The molecule has 5 unspecified atom stereocenters. The minimum absolute atomic E-state index is 0. The molecule has 0 aromatic rings. The number of hydrogen-bond donors (Lipinski definition) is 1. The number of rotatable bonds is 3. The lowest BCUT2D eigenvalue weighted by atomic mass is 9.84. The third kappa shape index (κ3) is 2.98. The molecule has 3 N–H and O–H groups in total. The first-order valence-corrected chi connectivity index (χ1v) is 5.65. The van der Waals surface area contributed by atoms with Gasteiger partial charge in [-0.3, -0.25) is 0 Å². The van der Waals surface area contributed by atoms with Crippen molar-refractivity contribution in [3.63, 3.8) is 0 Å². The highest BCUT2D eigenvalue weighted by Gasteiger charge is 2.42. The van der Waals surface area contributed by atoms with Crippen molar-refractivity contribution in [3.8, 4) is 0 Å². The summed E-state index contributed by atoms with van der Waals surface area (Å²) in [5.74, 6) is -0.426. The van der Waals surface area contributed by atoms with Crippen molar-refractivity contribution < 1.29 is 24.9 Å². The summed E-state index contributed by atoms with van der Waals surface area (Å²) in [7, 11) is 1.48. The summed E-state index contributed by atoms with van der Waals surface area (Å²) < 4.78 is 10.4. The van der Waals surface area contributed by atoms with E-state index in [1.54, 1.807) is 0 Å². The van der Waals surface area contributed by atoms with Gasteiger partial charge < -0.3 is 24.9 Å². The molecule has 6 heteroatoms. The van der Waals surface area contributed by atoms with Gasteiger partial charge in [0.2, 0.25) is 0 Å². The van der Waals surface area contributed by atoms with Crippen LogP contribution in [0.3, 0.4) is 0 Å². The fourth-order valence-electron chi connectivity index (χ4n) is 1.70. The Bertz CT molecular complexity index is 199. The van der Waals surface area contributed by atoms with Crippen molar-refractivity contribution >= 4 is 22.2 Å². The second kappa shape index (κ2) is 6.55. The number of carbonyl (C=O) groups excluding carboxylic acids is 1. The van der Waals surface area contributed by atoms with Crippen molar-refractivity contribution in [2.45, 2.75) is 25.4 Å². The van der Waals surface area contributed by atoms with Crippen LogP contribution in [0.5, 0.6) is 0 Å². The molecule has 1 aliphatic heterocycles. The first-order valence-electron chi connectivity index (χ1n) is 4.53. The number of aliphatic hydroxyl groups is 1. The molecule has 90 valence electrons. The largest absolute Gasteiger partial charge is 0.412 e. The molecule has 0 radical (unpaired) electrons. The predicted molar refractivity (Wildman–Crippen MR) is 57.8 cm³/mol. The number of aldehydes is 1. The van der Waals surface area contributed by atoms with Crippen LogP contribution < -0.4 is 0 Å². The van der Waals surface area contributed by atoms with Gasteiger partial charge in [0.15, 0.2) is 6.29 Å². The molecule has 0 bridgehead atoms. The lowest BCUT2D eigenvalue weighted by Gasteiger charge is -2.40. The Morgan fingerprint density at radius 2 is 2.20 bits per heavy atom. The van der Waals surface area contributed by atoms with Gasteiger partial charge >= 0.3 is 0 Å². The molecule has 0 aliphatic carbocycles. The molecule has 0 aromatic heterocycles. The molecule has 15 heavy (non-hydrogen) atoms. The SMILES string of the molecule is COC1OC(CBr)C(C=O)C(C)C1O.O. The molecule has 0 amide bonds. The molecule has 1 heterocycles. The molecule has 1 rings (SSSR count). The Kier molecular flexibility index (Phi) is 6.54. The summed E-state index contributed by atoms with van der Waals surface area (Å²) in [6.45, 7) is 1.83. The fraction of sp³-hybridized carbons (Fsp3) is 0.889. The van der Waals surface area contributed by atoms with Crippen molar-refractivity contribution in [1.29, 1.82) is 0 Å². The summed E-state index contributed by atoms with van der Waals surface area (Å²) in [6.07, 6.45) is -0.767. The van der Waals surface area contributed by atoms with Gasteiger partial charge in [0, 0.05) is 18.4 Å². The first-order chi connectivity index (χ1) is 6.65. The molecular weight excluding hydrogens is 268 g/mol. The number of hydrogen-bond acceptors (Lipinski definition) is 4. The monoisotopic (exact) mass is 284 g/mol. The maximum Gasteiger partial charge on any atom is 0.183 e. The van der Waals surface area contributed by atoms with Crippen LogP contribution in [0.25, 0.3) is 0 Å². The number of aliphatic hydroxyl groups excluding tert-OH is 1. The van der Waals surface area contributed by atoms with Gasteiger partial charge in [-0.25, -0.2) is 0 Å². The summed E-state index contributed by atoms with van der Waals surface area (Å²) in [4.78, 5) is 10.8. The van der Waals surface area contributed by atoms with E-state index in [2.05, 4.69) is 15.9 Å². The third-order valence-corrected chi connectivity index (χ3v) is 3.34. The van der Waals surface area contributed by atoms with Gasteiger partial charge in [0.1, 0.15) is 12.4 Å². The van der Waals surface area contributed by atoms with E-state index in [9.17, 15) is 9.90 Å². The van der Waals surface area contributed by atoms with E-state index in [1.165, 1.54) is 7.11 Å². The van der Waals surface area contributed by atoms with E-state index in [-0.39, 0.29) is 23.4 Å². The molecule has 1 fully saturated rings.